The SMILES string of the molecule is CC.CC(C)C.O=CNCC1CCCNC1.O=CO. The Hall–Kier alpha value is -1.10. The highest BCUT2D eigenvalue weighted by atomic mass is 16.3. The van der Waals surface area contributed by atoms with E-state index in [0.29, 0.717) is 5.92 Å². The van der Waals surface area contributed by atoms with Crippen molar-refractivity contribution < 1.29 is 14.7 Å². The second kappa shape index (κ2) is 22.1. The summed E-state index contributed by atoms with van der Waals surface area (Å²) in [6, 6.07) is 0. The topological polar surface area (TPSA) is 78.4 Å². The molecule has 1 aliphatic rings. The molecule has 0 aromatic carbocycles. The molecule has 1 fully saturated rings. The maximum Gasteiger partial charge on any atom is 0.290 e. The van der Waals surface area contributed by atoms with Crippen molar-refractivity contribution in [1.82, 2.24) is 10.6 Å². The lowest BCUT2D eigenvalue weighted by atomic mass is 10.00. The predicted octanol–water partition coefficient (Wildman–Crippen LogP) is 2.12. The van der Waals surface area contributed by atoms with Crippen LogP contribution in [0.5, 0.6) is 0 Å². The number of hydrogen-bond donors (Lipinski definition) is 3. The van der Waals surface area contributed by atoms with Gasteiger partial charge >= 0.3 is 0 Å². The first kappa shape index (κ1) is 23.0. The highest BCUT2D eigenvalue weighted by molar-refractivity contribution is 5.45. The number of carbonyl (C=O) groups excluding carboxylic acids is 1. The molecule has 0 radical (unpaired) electrons. The van der Waals surface area contributed by atoms with Gasteiger partial charge in [-0.2, -0.15) is 0 Å². The van der Waals surface area contributed by atoms with Gasteiger partial charge in [0, 0.05) is 6.54 Å². The third kappa shape index (κ3) is 31.6. The lowest BCUT2D eigenvalue weighted by Gasteiger charge is -2.21. The third-order valence-corrected chi connectivity index (χ3v) is 1.89. The number of nitrogens with one attached hydrogen (secondary N) is 2. The standard InChI is InChI=1S/C7H14N2O.C4H10.C2H6.CH2O2/c10-6-9-5-7-2-1-3-8-4-7;1-4(2)3;1-2;2-1-3/h6-8H,1-5H2,(H,9,10);4H,1-3H3;1-2H3;1H,(H,2,3). The number of carbonyl (C=O) groups is 2. The third-order valence-electron chi connectivity index (χ3n) is 1.89. The van der Waals surface area contributed by atoms with Crippen LogP contribution in [0.15, 0.2) is 0 Å². The van der Waals surface area contributed by atoms with Crippen molar-refractivity contribution in [2.75, 3.05) is 19.6 Å². The summed E-state index contributed by atoms with van der Waals surface area (Å²) < 4.78 is 0. The predicted molar refractivity (Wildman–Crippen MR) is 80.2 cm³/mol. The zero-order valence-corrected chi connectivity index (χ0v) is 13.1. The minimum Gasteiger partial charge on any atom is -0.483 e. The van der Waals surface area contributed by atoms with E-state index in [9.17, 15) is 4.79 Å². The van der Waals surface area contributed by atoms with Crippen molar-refractivity contribution in [2.24, 2.45) is 11.8 Å². The van der Waals surface area contributed by atoms with Crippen molar-refractivity contribution >= 4 is 12.9 Å². The Labute approximate surface area is 118 Å². The van der Waals surface area contributed by atoms with Gasteiger partial charge in [-0.05, 0) is 37.8 Å². The van der Waals surface area contributed by atoms with Gasteiger partial charge in [0.25, 0.3) is 6.47 Å². The molecular weight excluding hydrogens is 244 g/mol. The van der Waals surface area contributed by atoms with Crippen LogP contribution < -0.4 is 10.6 Å². The van der Waals surface area contributed by atoms with E-state index in [2.05, 4.69) is 31.4 Å². The summed E-state index contributed by atoms with van der Waals surface area (Å²) in [6.45, 7) is 13.3. The maximum atomic E-state index is 9.92. The van der Waals surface area contributed by atoms with Gasteiger partial charge in [0.15, 0.2) is 0 Å². The fourth-order valence-corrected chi connectivity index (χ4v) is 1.31. The Bertz CT molecular complexity index is 167. The molecule has 1 atom stereocenters. The van der Waals surface area contributed by atoms with Crippen molar-refractivity contribution in [3.63, 3.8) is 0 Å². The van der Waals surface area contributed by atoms with Gasteiger partial charge in [0.2, 0.25) is 6.41 Å². The van der Waals surface area contributed by atoms with Crippen LogP contribution in [0.2, 0.25) is 0 Å². The molecule has 0 aliphatic carbocycles. The Morgan fingerprint density at radius 3 is 2.11 bits per heavy atom. The van der Waals surface area contributed by atoms with Crippen molar-refractivity contribution in [2.45, 2.75) is 47.5 Å². The molecule has 1 heterocycles. The second-order valence-electron chi connectivity index (χ2n) is 4.58. The first-order valence-electron chi connectivity index (χ1n) is 7.04. The van der Waals surface area contributed by atoms with E-state index in [1.807, 2.05) is 13.8 Å². The van der Waals surface area contributed by atoms with Gasteiger partial charge in [-0.25, -0.2) is 0 Å². The summed E-state index contributed by atoms with van der Waals surface area (Å²) in [5.74, 6) is 1.49. The fourth-order valence-electron chi connectivity index (χ4n) is 1.31. The Balaban J connectivity index is -0.000000239. The molecule has 0 spiro atoms. The van der Waals surface area contributed by atoms with Crippen LogP contribution in [0.25, 0.3) is 0 Å². The van der Waals surface area contributed by atoms with E-state index >= 15 is 0 Å². The van der Waals surface area contributed by atoms with Crippen LogP contribution in [0.3, 0.4) is 0 Å². The Kier molecular flexibility index (Phi) is 26.8. The van der Waals surface area contributed by atoms with Crippen LogP contribution in [0.4, 0.5) is 0 Å². The van der Waals surface area contributed by atoms with E-state index in [1.165, 1.54) is 12.8 Å². The van der Waals surface area contributed by atoms with E-state index in [0.717, 1.165) is 32.0 Å². The lowest BCUT2D eigenvalue weighted by molar-refractivity contribution is -0.122. The van der Waals surface area contributed by atoms with Gasteiger partial charge in [0.05, 0.1) is 0 Å². The average molecular weight is 276 g/mol. The molecule has 5 heteroatoms. The van der Waals surface area contributed by atoms with E-state index < -0.39 is 0 Å². The van der Waals surface area contributed by atoms with Crippen LogP contribution in [0, 0.1) is 11.8 Å². The molecule has 1 amide bonds. The van der Waals surface area contributed by atoms with Crippen LogP contribution in [-0.4, -0.2) is 37.6 Å². The second-order valence-corrected chi connectivity index (χ2v) is 4.58. The molecule has 1 rings (SSSR count). The zero-order valence-electron chi connectivity index (χ0n) is 13.1. The minimum absolute atomic E-state index is 0.250. The summed E-state index contributed by atoms with van der Waals surface area (Å²) in [6.07, 6.45) is 3.26. The van der Waals surface area contributed by atoms with Crippen molar-refractivity contribution in [3.8, 4) is 0 Å². The average Bonchev–Trinajstić information content (AvgIpc) is 2.40. The molecule has 3 N–H and O–H groups in total. The summed E-state index contributed by atoms with van der Waals surface area (Å²) in [7, 11) is 0. The fraction of sp³-hybridized carbons (Fsp3) is 0.857. The molecule has 1 unspecified atom stereocenters. The van der Waals surface area contributed by atoms with E-state index in [4.69, 9.17) is 9.90 Å². The van der Waals surface area contributed by atoms with Crippen molar-refractivity contribution in [3.05, 3.63) is 0 Å². The molecule has 0 aromatic rings. The number of hydrogen-bond acceptors (Lipinski definition) is 3. The molecule has 5 nitrogen and oxygen atoms in total. The van der Waals surface area contributed by atoms with E-state index in [-0.39, 0.29) is 6.47 Å². The Morgan fingerprint density at radius 1 is 1.32 bits per heavy atom. The molecule has 1 aliphatic heterocycles. The molecule has 0 bridgehead atoms. The summed E-state index contributed by atoms with van der Waals surface area (Å²) in [5, 5.41) is 12.9. The summed E-state index contributed by atoms with van der Waals surface area (Å²) in [5.41, 5.74) is 0. The number of piperidine rings is 1. The van der Waals surface area contributed by atoms with Crippen LogP contribution in [-0.2, 0) is 9.59 Å². The smallest absolute Gasteiger partial charge is 0.290 e. The van der Waals surface area contributed by atoms with Gasteiger partial charge in [0.1, 0.15) is 0 Å². The maximum absolute atomic E-state index is 9.92. The molecule has 116 valence electrons. The van der Waals surface area contributed by atoms with Gasteiger partial charge in [-0.15, -0.1) is 0 Å². The minimum atomic E-state index is -0.250. The van der Waals surface area contributed by atoms with Crippen molar-refractivity contribution in [1.29, 1.82) is 0 Å². The first-order chi connectivity index (χ1) is 9.08. The number of carboxylic acid groups (broad SMARTS) is 1. The monoisotopic (exact) mass is 276 g/mol. The van der Waals surface area contributed by atoms with Gasteiger partial charge in [-0.1, -0.05) is 34.6 Å². The summed E-state index contributed by atoms with van der Waals surface area (Å²) >= 11 is 0. The normalized spacial score (nSPS) is 16.4. The lowest BCUT2D eigenvalue weighted by Crippen LogP contribution is -2.35. The van der Waals surface area contributed by atoms with Crippen LogP contribution in [0.1, 0.15) is 47.5 Å². The highest BCUT2D eigenvalue weighted by Gasteiger charge is 2.11. The largest absolute Gasteiger partial charge is 0.483 e. The number of amides is 1. The molecular formula is C14H32N2O3. The van der Waals surface area contributed by atoms with Gasteiger partial charge in [-0.3, -0.25) is 9.59 Å². The van der Waals surface area contributed by atoms with Gasteiger partial charge < -0.3 is 15.7 Å². The summed E-state index contributed by atoms with van der Waals surface area (Å²) in [4.78, 5) is 18.3. The number of rotatable bonds is 3. The first-order valence-corrected chi connectivity index (χ1v) is 7.04. The Morgan fingerprint density at radius 2 is 1.79 bits per heavy atom. The zero-order chi connectivity index (χ0) is 15.5. The van der Waals surface area contributed by atoms with Crippen LogP contribution >= 0.6 is 0 Å². The molecule has 0 saturated carbocycles. The quantitative estimate of drug-likeness (QED) is 0.690. The molecule has 19 heavy (non-hydrogen) atoms. The molecule has 1 saturated heterocycles. The highest BCUT2D eigenvalue weighted by Crippen LogP contribution is 2.07. The molecule has 0 aromatic heterocycles. The van der Waals surface area contributed by atoms with E-state index in [1.54, 1.807) is 0 Å².